The minimum atomic E-state index is -0.793. The van der Waals surface area contributed by atoms with E-state index in [4.69, 9.17) is 32.8 Å². The molecule has 0 radical (unpaired) electrons. The lowest BCUT2D eigenvalue weighted by atomic mass is 9.84. The molecule has 1 aliphatic rings. The van der Waals surface area contributed by atoms with E-state index in [1.165, 1.54) is 14.0 Å². The summed E-state index contributed by atoms with van der Waals surface area (Å²) in [7, 11) is 1.47. The van der Waals surface area contributed by atoms with Crippen molar-refractivity contribution in [3.05, 3.63) is 69.7 Å². The number of hydrogen-bond acceptors (Lipinski definition) is 6. The summed E-state index contributed by atoms with van der Waals surface area (Å²) in [5.74, 6) is -0.558. The topological polar surface area (TPSA) is 71.4 Å². The number of piperidine rings is 1. The van der Waals surface area contributed by atoms with E-state index in [0.29, 0.717) is 35.0 Å². The third-order valence-corrected chi connectivity index (χ3v) is 6.85. The number of esters is 1. The molecular formula is C25H30Cl2N2O4. The van der Waals surface area contributed by atoms with Gasteiger partial charge in [0.15, 0.2) is 0 Å². The highest BCUT2D eigenvalue weighted by atomic mass is 35.5. The van der Waals surface area contributed by atoms with Crippen LogP contribution in [0.25, 0.3) is 0 Å². The van der Waals surface area contributed by atoms with Crippen molar-refractivity contribution in [2.45, 2.75) is 37.7 Å². The van der Waals surface area contributed by atoms with Crippen LogP contribution in [0.2, 0.25) is 10.0 Å². The molecule has 8 heteroatoms. The Bertz CT molecular complexity index is 960. The molecule has 0 saturated carbocycles. The van der Waals surface area contributed by atoms with Gasteiger partial charge in [-0.3, -0.25) is 4.79 Å². The average Bonchev–Trinajstić information content (AvgIpc) is 2.81. The first-order valence-electron chi connectivity index (χ1n) is 11.0. The van der Waals surface area contributed by atoms with Crippen LogP contribution in [-0.2, 0) is 20.0 Å². The van der Waals surface area contributed by atoms with Crippen molar-refractivity contribution in [2.75, 3.05) is 33.4 Å². The van der Waals surface area contributed by atoms with Crippen LogP contribution < -0.4 is 0 Å². The molecule has 1 fully saturated rings. The maximum Gasteiger partial charge on any atom is 0.303 e. The Balaban J connectivity index is 1.72. The quantitative estimate of drug-likeness (QED) is 0.302. The van der Waals surface area contributed by atoms with Crippen molar-refractivity contribution < 1.29 is 19.5 Å². The van der Waals surface area contributed by atoms with Crippen molar-refractivity contribution in [1.29, 1.82) is 0 Å². The number of halogens is 2. The summed E-state index contributed by atoms with van der Waals surface area (Å²) in [6.07, 6.45) is 2.05. The monoisotopic (exact) mass is 492 g/mol. The molecule has 1 heterocycles. The van der Waals surface area contributed by atoms with Crippen molar-refractivity contribution in [3.8, 4) is 0 Å². The highest BCUT2D eigenvalue weighted by Crippen LogP contribution is 2.34. The van der Waals surface area contributed by atoms with Gasteiger partial charge in [0.25, 0.3) is 0 Å². The second-order valence-electron chi connectivity index (χ2n) is 8.30. The highest BCUT2D eigenvalue weighted by Gasteiger charge is 2.34. The van der Waals surface area contributed by atoms with Crippen LogP contribution in [0.5, 0.6) is 0 Å². The lowest BCUT2D eigenvalue weighted by molar-refractivity contribution is -0.139. The molecule has 33 heavy (non-hydrogen) atoms. The van der Waals surface area contributed by atoms with Crippen LogP contribution in [0.4, 0.5) is 0 Å². The molecule has 3 rings (SSSR count). The van der Waals surface area contributed by atoms with Gasteiger partial charge >= 0.3 is 5.97 Å². The number of hydrogen-bond donors (Lipinski definition) is 1. The number of nitrogens with zero attached hydrogens (tertiary/aromatic N) is 2. The Kier molecular flexibility index (Phi) is 9.15. The molecule has 0 amide bonds. The van der Waals surface area contributed by atoms with Gasteiger partial charge in [-0.1, -0.05) is 64.8 Å². The first kappa shape index (κ1) is 25.5. The molecule has 1 saturated heterocycles. The molecule has 2 aromatic rings. The average molecular weight is 493 g/mol. The molecule has 1 atom stereocenters. The maximum absolute atomic E-state index is 11.4. The van der Waals surface area contributed by atoms with E-state index in [1.54, 1.807) is 6.07 Å². The Morgan fingerprint density at radius 3 is 2.45 bits per heavy atom. The lowest BCUT2D eigenvalue weighted by Gasteiger charge is -2.39. The second-order valence-corrected chi connectivity index (χ2v) is 9.11. The van der Waals surface area contributed by atoms with Gasteiger partial charge in [-0.2, -0.15) is 0 Å². The molecule has 6 nitrogen and oxygen atoms in total. The van der Waals surface area contributed by atoms with E-state index >= 15 is 0 Å². The standard InChI is InChI=1S/C25H30Cl2N2O4/c1-18(30)33-17-24(28-32-2)21(19-8-9-22(26)23(27)16-19)10-13-29-14-11-25(31,12-15-29)20-6-4-3-5-7-20/h3-9,16,21,31H,10-15,17H2,1-2H3. The number of benzene rings is 2. The van der Waals surface area contributed by atoms with Gasteiger partial charge in [-0.25, -0.2) is 0 Å². The van der Waals surface area contributed by atoms with Crippen LogP contribution >= 0.6 is 23.2 Å². The minimum Gasteiger partial charge on any atom is -0.460 e. The minimum absolute atomic E-state index is 0.0296. The molecule has 0 bridgehead atoms. The third-order valence-electron chi connectivity index (χ3n) is 6.11. The van der Waals surface area contributed by atoms with Crippen molar-refractivity contribution >= 4 is 34.9 Å². The van der Waals surface area contributed by atoms with Crippen LogP contribution in [0.3, 0.4) is 0 Å². The zero-order chi connectivity index (χ0) is 23.8. The first-order chi connectivity index (χ1) is 15.8. The summed E-state index contributed by atoms with van der Waals surface area (Å²) >= 11 is 12.4. The second kappa shape index (κ2) is 11.8. The molecule has 1 aliphatic heterocycles. The van der Waals surface area contributed by atoms with Gasteiger partial charge in [0.2, 0.25) is 0 Å². The van der Waals surface area contributed by atoms with Gasteiger partial charge in [0.1, 0.15) is 19.4 Å². The fourth-order valence-corrected chi connectivity index (χ4v) is 4.54. The molecule has 1 N–H and O–H groups in total. The van der Waals surface area contributed by atoms with Crippen molar-refractivity contribution in [2.24, 2.45) is 5.16 Å². The largest absolute Gasteiger partial charge is 0.460 e. The van der Waals surface area contributed by atoms with Crippen LogP contribution in [-0.4, -0.2) is 55.0 Å². The van der Waals surface area contributed by atoms with E-state index in [2.05, 4.69) is 10.1 Å². The summed E-state index contributed by atoms with van der Waals surface area (Å²) in [6, 6.07) is 15.3. The fourth-order valence-electron chi connectivity index (χ4n) is 4.23. The summed E-state index contributed by atoms with van der Waals surface area (Å²) in [4.78, 5) is 18.8. The lowest BCUT2D eigenvalue weighted by Crippen LogP contribution is -2.43. The van der Waals surface area contributed by atoms with Crippen molar-refractivity contribution in [1.82, 2.24) is 4.90 Å². The van der Waals surface area contributed by atoms with Crippen LogP contribution in [0, 0.1) is 0 Å². The summed E-state index contributed by atoms with van der Waals surface area (Å²) in [5.41, 5.74) is 1.70. The smallest absolute Gasteiger partial charge is 0.303 e. The number of likely N-dealkylation sites (tertiary alicyclic amines) is 1. The Labute approximate surface area is 205 Å². The van der Waals surface area contributed by atoms with Crippen molar-refractivity contribution in [3.63, 3.8) is 0 Å². The maximum atomic E-state index is 11.4. The van der Waals surface area contributed by atoms with Gasteiger partial charge in [-0.15, -0.1) is 0 Å². The molecular weight excluding hydrogens is 463 g/mol. The van der Waals surface area contributed by atoms with Gasteiger partial charge in [0.05, 0.1) is 15.6 Å². The Hall–Kier alpha value is -2.12. The van der Waals surface area contributed by atoms with Gasteiger partial charge in [0, 0.05) is 25.9 Å². The summed E-state index contributed by atoms with van der Waals surface area (Å²) in [5, 5.41) is 16.2. The molecule has 0 aromatic heterocycles. The fraction of sp³-hybridized carbons (Fsp3) is 0.440. The SMILES string of the molecule is CON=C(COC(C)=O)C(CCN1CCC(O)(c2ccccc2)CC1)c1ccc(Cl)c(Cl)c1. The summed E-state index contributed by atoms with van der Waals surface area (Å²) < 4.78 is 5.23. The normalized spacial score (nSPS) is 17.4. The van der Waals surface area contributed by atoms with E-state index in [1.807, 2.05) is 42.5 Å². The third kappa shape index (κ3) is 6.93. The van der Waals surface area contributed by atoms with E-state index in [9.17, 15) is 9.90 Å². The van der Waals surface area contributed by atoms with Gasteiger partial charge in [-0.05, 0) is 49.1 Å². The zero-order valence-corrected chi connectivity index (χ0v) is 20.5. The van der Waals surface area contributed by atoms with E-state index in [0.717, 1.165) is 30.8 Å². The van der Waals surface area contributed by atoms with Gasteiger partial charge < -0.3 is 19.6 Å². The molecule has 178 valence electrons. The number of rotatable bonds is 9. The molecule has 2 aromatic carbocycles. The van der Waals surface area contributed by atoms with Crippen LogP contribution in [0.15, 0.2) is 53.7 Å². The zero-order valence-electron chi connectivity index (χ0n) is 19.0. The predicted octanol–water partition coefficient (Wildman–Crippen LogP) is 5.02. The molecule has 1 unspecified atom stereocenters. The van der Waals surface area contributed by atoms with E-state index in [-0.39, 0.29) is 18.5 Å². The molecule has 0 spiro atoms. The number of oxime groups is 1. The number of carbonyl (C=O) groups is 1. The molecule has 0 aliphatic carbocycles. The Morgan fingerprint density at radius 1 is 1.15 bits per heavy atom. The number of ether oxygens (including phenoxy) is 1. The number of carbonyl (C=O) groups excluding carboxylic acids is 1. The predicted molar refractivity (Wildman–Crippen MR) is 131 cm³/mol. The first-order valence-corrected chi connectivity index (χ1v) is 11.8. The summed E-state index contributed by atoms with van der Waals surface area (Å²) in [6.45, 7) is 3.72. The van der Waals surface area contributed by atoms with E-state index < -0.39 is 5.60 Å². The highest BCUT2D eigenvalue weighted by molar-refractivity contribution is 6.42. The number of aliphatic hydroxyl groups is 1. The Morgan fingerprint density at radius 2 is 1.85 bits per heavy atom. The van der Waals surface area contributed by atoms with Crippen LogP contribution in [0.1, 0.15) is 43.2 Å².